The summed E-state index contributed by atoms with van der Waals surface area (Å²) in [5, 5.41) is 3.95. The molecule has 0 saturated carbocycles. The van der Waals surface area contributed by atoms with Crippen LogP contribution in [0.3, 0.4) is 0 Å². The number of fused-ring (bicyclic) bond motifs is 1. The highest BCUT2D eigenvalue weighted by Crippen LogP contribution is 2.32. The van der Waals surface area contributed by atoms with Crippen molar-refractivity contribution in [3.63, 3.8) is 0 Å². The molecule has 3 heterocycles. The zero-order valence-corrected chi connectivity index (χ0v) is 14.0. The Kier molecular flexibility index (Phi) is 4.29. The summed E-state index contributed by atoms with van der Waals surface area (Å²) in [6, 6.07) is 2.92. The summed E-state index contributed by atoms with van der Waals surface area (Å²) in [6.07, 6.45) is -2.50. The molecule has 2 aromatic rings. The number of nitrogens with one attached hydrogen (secondary N) is 1. The van der Waals surface area contributed by atoms with E-state index in [4.69, 9.17) is 0 Å². The summed E-state index contributed by atoms with van der Waals surface area (Å²) in [6.45, 7) is 4.81. The minimum absolute atomic E-state index is 0.0945. The van der Waals surface area contributed by atoms with Gasteiger partial charge in [0.2, 0.25) is 0 Å². The number of carbonyl (C=O) groups is 1. The number of thiazole rings is 1. The summed E-state index contributed by atoms with van der Waals surface area (Å²) in [4.78, 5) is 17.8. The first kappa shape index (κ1) is 16.8. The number of rotatable bonds is 2. The predicted molar refractivity (Wildman–Crippen MR) is 83.6 cm³/mol. The third-order valence-electron chi connectivity index (χ3n) is 4.13. The molecule has 0 aliphatic carbocycles. The number of hydrogen-bond donors (Lipinski definition) is 1. The van der Waals surface area contributed by atoms with E-state index < -0.39 is 17.9 Å². The van der Waals surface area contributed by atoms with E-state index in [2.05, 4.69) is 14.9 Å². The van der Waals surface area contributed by atoms with Gasteiger partial charge in [-0.2, -0.15) is 13.2 Å². The SMILES string of the molecule is CC(NC(=O)N1CCn2cccc2C1C)c1nc(C(F)(F)F)cs1. The molecule has 0 bridgehead atoms. The highest BCUT2D eigenvalue weighted by Gasteiger charge is 2.34. The van der Waals surface area contributed by atoms with Crippen LogP contribution >= 0.6 is 11.3 Å². The van der Waals surface area contributed by atoms with Crippen LogP contribution in [0, 0.1) is 0 Å². The second-order valence-corrected chi connectivity index (χ2v) is 6.63. The van der Waals surface area contributed by atoms with Gasteiger partial charge < -0.3 is 14.8 Å². The van der Waals surface area contributed by atoms with Gasteiger partial charge in [0.15, 0.2) is 5.69 Å². The molecule has 2 amide bonds. The topological polar surface area (TPSA) is 50.2 Å². The molecule has 9 heteroatoms. The van der Waals surface area contributed by atoms with Crippen molar-refractivity contribution in [1.29, 1.82) is 0 Å². The summed E-state index contributed by atoms with van der Waals surface area (Å²) < 4.78 is 40.0. The van der Waals surface area contributed by atoms with E-state index in [1.165, 1.54) is 0 Å². The third kappa shape index (κ3) is 3.12. The first-order valence-corrected chi connectivity index (χ1v) is 8.40. The Morgan fingerprint density at radius 1 is 1.46 bits per heavy atom. The Morgan fingerprint density at radius 2 is 2.21 bits per heavy atom. The molecule has 2 atom stereocenters. The second kappa shape index (κ2) is 6.12. The molecule has 2 aromatic heterocycles. The fourth-order valence-electron chi connectivity index (χ4n) is 2.80. The molecule has 0 fully saturated rings. The van der Waals surface area contributed by atoms with Gasteiger partial charge in [0.05, 0.1) is 12.1 Å². The monoisotopic (exact) mass is 358 g/mol. The second-order valence-electron chi connectivity index (χ2n) is 5.74. The van der Waals surface area contributed by atoms with Gasteiger partial charge in [-0.15, -0.1) is 11.3 Å². The molecular formula is C15H17F3N4OS. The van der Waals surface area contributed by atoms with Gasteiger partial charge in [-0.05, 0) is 26.0 Å². The van der Waals surface area contributed by atoms with Crippen LogP contribution in [0.2, 0.25) is 0 Å². The standard InChI is InChI=1S/C15H17F3N4OS/c1-9(13-20-12(8-24-13)15(16,17)18)19-14(23)22-7-6-21-5-3-4-11(21)10(22)2/h3-5,8-10H,6-7H2,1-2H3,(H,19,23). The van der Waals surface area contributed by atoms with E-state index in [1.807, 2.05) is 25.3 Å². The smallest absolute Gasteiger partial charge is 0.348 e. The van der Waals surface area contributed by atoms with E-state index in [9.17, 15) is 18.0 Å². The largest absolute Gasteiger partial charge is 0.434 e. The number of halogens is 3. The Bertz CT molecular complexity index is 739. The number of aromatic nitrogens is 2. The van der Waals surface area contributed by atoms with Gasteiger partial charge in [0.25, 0.3) is 0 Å². The van der Waals surface area contributed by atoms with Crippen LogP contribution < -0.4 is 5.32 Å². The fraction of sp³-hybridized carbons (Fsp3) is 0.467. The lowest BCUT2D eigenvalue weighted by Crippen LogP contribution is -2.46. The number of amides is 2. The van der Waals surface area contributed by atoms with Gasteiger partial charge in [-0.3, -0.25) is 0 Å². The van der Waals surface area contributed by atoms with Crippen LogP contribution in [-0.4, -0.2) is 27.0 Å². The maximum atomic E-state index is 12.6. The van der Waals surface area contributed by atoms with Crippen molar-refractivity contribution >= 4 is 17.4 Å². The normalized spacial score (nSPS) is 19.0. The molecule has 3 rings (SSSR count). The van der Waals surface area contributed by atoms with Crippen molar-refractivity contribution in [3.8, 4) is 0 Å². The number of hydrogen-bond acceptors (Lipinski definition) is 3. The average molecular weight is 358 g/mol. The Balaban J connectivity index is 1.68. The van der Waals surface area contributed by atoms with Crippen molar-refractivity contribution in [1.82, 2.24) is 19.8 Å². The zero-order chi connectivity index (χ0) is 17.5. The van der Waals surface area contributed by atoms with Gasteiger partial charge in [0, 0.05) is 30.4 Å². The van der Waals surface area contributed by atoms with Gasteiger partial charge in [0.1, 0.15) is 5.01 Å². The van der Waals surface area contributed by atoms with E-state index >= 15 is 0 Å². The molecule has 1 N–H and O–H groups in total. The molecule has 5 nitrogen and oxygen atoms in total. The Morgan fingerprint density at radius 3 is 2.88 bits per heavy atom. The number of carbonyl (C=O) groups excluding carboxylic acids is 1. The van der Waals surface area contributed by atoms with Gasteiger partial charge >= 0.3 is 12.2 Å². The molecule has 130 valence electrons. The van der Waals surface area contributed by atoms with Crippen molar-refractivity contribution in [2.24, 2.45) is 0 Å². The minimum Gasteiger partial charge on any atom is -0.348 e. The average Bonchev–Trinajstić information content (AvgIpc) is 3.16. The lowest BCUT2D eigenvalue weighted by molar-refractivity contribution is -0.140. The highest BCUT2D eigenvalue weighted by molar-refractivity contribution is 7.09. The molecule has 0 spiro atoms. The molecule has 1 aliphatic heterocycles. The Hall–Kier alpha value is -2.03. The van der Waals surface area contributed by atoms with Crippen molar-refractivity contribution in [2.75, 3.05) is 6.54 Å². The van der Waals surface area contributed by atoms with Crippen molar-refractivity contribution in [3.05, 3.63) is 40.1 Å². The minimum atomic E-state index is -4.47. The lowest BCUT2D eigenvalue weighted by Gasteiger charge is -2.35. The first-order valence-electron chi connectivity index (χ1n) is 7.52. The highest BCUT2D eigenvalue weighted by atomic mass is 32.1. The quantitative estimate of drug-likeness (QED) is 0.887. The van der Waals surface area contributed by atoms with Crippen LogP contribution in [0.5, 0.6) is 0 Å². The molecule has 0 radical (unpaired) electrons. The van der Waals surface area contributed by atoms with Gasteiger partial charge in [-0.1, -0.05) is 0 Å². The summed E-state index contributed by atoms with van der Waals surface area (Å²) in [5.41, 5.74) is 0.116. The fourth-order valence-corrected chi connectivity index (χ4v) is 3.64. The molecule has 0 saturated heterocycles. The van der Waals surface area contributed by atoms with E-state index in [0.29, 0.717) is 13.1 Å². The molecule has 1 aliphatic rings. The maximum Gasteiger partial charge on any atom is 0.434 e. The van der Waals surface area contributed by atoms with Crippen LogP contribution in [-0.2, 0) is 12.7 Å². The molecular weight excluding hydrogens is 341 g/mol. The number of urea groups is 1. The first-order chi connectivity index (χ1) is 11.3. The third-order valence-corrected chi connectivity index (χ3v) is 5.15. The summed E-state index contributed by atoms with van der Waals surface area (Å²) in [5.74, 6) is 0. The van der Waals surface area contributed by atoms with E-state index in [-0.39, 0.29) is 17.1 Å². The number of nitrogens with zero attached hydrogens (tertiary/aromatic N) is 3. The van der Waals surface area contributed by atoms with Crippen LogP contribution in [0.1, 0.15) is 42.3 Å². The number of alkyl halides is 3. The Labute approximate surface area is 141 Å². The van der Waals surface area contributed by atoms with Crippen LogP contribution in [0.4, 0.5) is 18.0 Å². The summed E-state index contributed by atoms with van der Waals surface area (Å²) >= 11 is 0.895. The van der Waals surface area contributed by atoms with Crippen molar-refractivity contribution < 1.29 is 18.0 Å². The zero-order valence-electron chi connectivity index (χ0n) is 13.2. The summed E-state index contributed by atoms with van der Waals surface area (Å²) in [7, 11) is 0. The molecule has 24 heavy (non-hydrogen) atoms. The maximum absolute atomic E-state index is 12.6. The van der Waals surface area contributed by atoms with Gasteiger partial charge in [-0.25, -0.2) is 9.78 Å². The van der Waals surface area contributed by atoms with Crippen LogP contribution in [0.25, 0.3) is 0 Å². The van der Waals surface area contributed by atoms with E-state index in [1.54, 1.807) is 11.8 Å². The predicted octanol–water partition coefficient (Wildman–Crippen LogP) is 3.81. The molecule has 2 unspecified atom stereocenters. The lowest BCUT2D eigenvalue weighted by atomic mass is 10.1. The van der Waals surface area contributed by atoms with Crippen molar-refractivity contribution in [2.45, 2.75) is 38.7 Å². The van der Waals surface area contributed by atoms with Crippen LogP contribution in [0.15, 0.2) is 23.7 Å². The molecule has 0 aromatic carbocycles. The van der Waals surface area contributed by atoms with E-state index in [0.717, 1.165) is 22.4 Å².